The molecule has 7 heteroatoms. The van der Waals surface area contributed by atoms with Crippen LogP contribution in [0.15, 0.2) is 48.7 Å². The first-order valence-corrected chi connectivity index (χ1v) is 11.6. The van der Waals surface area contributed by atoms with Gasteiger partial charge >= 0.3 is 0 Å². The molecule has 1 aromatic heterocycles. The highest BCUT2D eigenvalue weighted by atomic mass is 19.1. The Morgan fingerprint density at radius 1 is 1.09 bits per heavy atom. The second-order valence-corrected chi connectivity index (χ2v) is 9.55. The molecular formula is C26H27FN6. The zero-order valence-corrected chi connectivity index (χ0v) is 18.7. The molecule has 4 atom stereocenters. The van der Waals surface area contributed by atoms with Crippen LogP contribution in [-0.2, 0) is 6.54 Å². The lowest BCUT2D eigenvalue weighted by atomic mass is 9.99. The number of anilines is 2. The first kappa shape index (κ1) is 20.4. The molecule has 6 rings (SSSR count). The summed E-state index contributed by atoms with van der Waals surface area (Å²) < 4.78 is 14.0. The monoisotopic (exact) mass is 442 g/mol. The zero-order chi connectivity index (χ0) is 22.7. The van der Waals surface area contributed by atoms with Gasteiger partial charge in [0.1, 0.15) is 12.2 Å². The van der Waals surface area contributed by atoms with E-state index in [1.54, 1.807) is 6.20 Å². The molecular weight excluding hydrogens is 415 g/mol. The first-order valence-electron chi connectivity index (χ1n) is 11.6. The van der Waals surface area contributed by atoms with Gasteiger partial charge in [-0.3, -0.25) is 9.88 Å². The van der Waals surface area contributed by atoms with E-state index in [-0.39, 0.29) is 0 Å². The van der Waals surface area contributed by atoms with Crippen LogP contribution in [0.25, 0.3) is 10.9 Å². The molecule has 2 saturated heterocycles. The fourth-order valence-electron chi connectivity index (χ4n) is 5.83. The normalized spacial score (nSPS) is 27.0. The number of nitriles is 1. The van der Waals surface area contributed by atoms with Crippen molar-refractivity contribution in [3.63, 3.8) is 0 Å². The Labute approximate surface area is 193 Å². The number of fused-ring (bicyclic) bond motifs is 4. The van der Waals surface area contributed by atoms with Crippen molar-refractivity contribution in [3.05, 3.63) is 65.4 Å². The fraction of sp³-hybridized carbons (Fsp3) is 0.385. The Morgan fingerprint density at radius 3 is 2.76 bits per heavy atom. The summed E-state index contributed by atoms with van der Waals surface area (Å²) in [6, 6.07) is 17.1. The number of benzene rings is 2. The van der Waals surface area contributed by atoms with Gasteiger partial charge in [0, 0.05) is 55.2 Å². The van der Waals surface area contributed by atoms with Crippen LogP contribution in [0.5, 0.6) is 0 Å². The minimum absolute atomic E-state index is 0.301. The predicted molar refractivity (Wildman–Crippen MR) is 128 cm³/mol. The molecule has 0 spiro atoms. The van der Waals surface area contributed by atoms with Crippen LogP contribution >= 0.6 is 0 Å². The maximum absolute atomic E-state index is 14.0. The number of rotatable bonds is 2. The molecule has 2 N–H and O–H groups in total. The molecule has 0 bridgehead atoms. The number of hydrogen-bond donors (Lipinski definition) is 1. The highest BCUT2D eigenvalue weighted by Gasteiger charge is 2.40. The average Bonchev–Trinajstić information content (AvgIpc) is 3.37. The number of alkyl halides is 1. The zero-order valence-electron chi connectivity index (χ0n) is 18.7. The van der Waals surface area contributed by atoms with Gasteiger partial charge < -0.3 is 15.5 Å². The summed E-state index contributed by atoms with van der Waals surface area (Å²) in [4.78, 5) is 11.6. The van der Waals surface area contributed by atoms with E-state index in [9.17, 15) is 9.65 Å². The third-order valence-electron chi connectivity index (χ3n) is 7.55. The van der Waals surface area contributed by atoms with Crippen molar-refractivity contribution in [2.75, 3.05) is 36.0 Å². The molecule has 2 aromatic carbocycles. The highest BCUT2D eigenvalue weighted by molar-refractivity contribution is 5.95. The van der Waals surface area contributed by atoms with Crippen LogP contribution in [-0.4, -0.2) is 54.3 Å². The number of aromatic nitrogens is 1. The topological polar surface area (TPSA) is 72.4 Å². The van der Waals surface area contributed by atoms with Gasteiger partial charge in [-0.1, -0.05) is 6.07 Å². The van der Waals surface area contributed by atoms with E-state index in [0.29, 0.717) is 30.7 Å². The van der Waals surface area contributed by atoms with Gasteiger partial charge in [-0.15, -0.1) is 0 Å². The van der Waals surface area contributed by atoms with Gasteiger partial charge in [-0.05, 0) is 54.4 Å². The largest absolute Gasteiger partial charge is 0.368 e. The van der Waals surface area contributed by atoms with E-state index in [0.717, 1.165) is 41.9 Å². The van der Waals surface area contributed by atoms with Crippen LogP contribution in [0.4, 0.5) is 15.8 Å². The first-order chi connectivity index (χ1) is 16.0. The molecule has 0 aliphatic carbocycles. The van der Waals surface area contributed by atoms with Crippen molar-refractivity contribution in [2.24, 2.45) is 5.73 Å². The summed E-state index contributed by atoms with van der Waals surface area (Å²) in [6.07, 6.45) is 0.784. The van der Waals surface area contributed by atoms with Gasteiger partial charge in [0.15, 0.2) is 0 Å². The van der Waals surface area contributed by atoms with Crippen molar-refractivity contribution in [3.8, 4) is 6.07 Å². The van der Waals surface area contributed by atoms with E-state index in [4.69, 9.17) is 5.73 Å². The van der Waals surface area contributed by atoms with Crippen LogP contribution in [0.1, 0.15) is 29.7 Å². The molecule has 4 heterocycles. The van der Waals surface area contributed by atoms with Gasteiger partial charge in [0.05, 0.1) is 29.7 Å². The summed E-state index contributed by atoms with van der Waals surface area (Å²) in [5.41, 5.74) is 12.2. The Kier molecular flexibility index (Phi) is 4.75. The molecule has 0 radical (unpaired) electrons. The third-order valence-corrected chi connectivity index (χ3v) is 7.55. The van der Waals surface area contributed by atoms with Gasteiger partial charge in [0.2, 0.25) is 0 Å². The number of hydrogen-bond acceptors (Lipinski definition) is 6. The summed E-state index contributed by atoms with van der Waals surface area (Å²) in [5, 5.41) is 10.5. The highest BCUT2D eigenvalue weighted by Crippen LogP contribution is 2.42. The second kappa shape index (κ2) is 7.68. The quantitative estimate of drug-likeness (QED) is 0.656. The van der Waals surface area contributed by atoms with E-state index in [2.05, 4.69) is 63.0 Å². The third kappa shape index (κ3) is 3.25. The van der Waals surface area contributed by atoms with Gasteiger partial charge in [-0.2, -0.15) is 5.26 Å². The molecule has 6 nitrogen and oxygen atoms in total. The molecule has 0 amide bonds. The minimum atomic E-state index is -0.963. The summed E-state index contributed by atoms with van der Waals surface area (Å²) >= 11 is 0. The van der Waals surface area contributed by atoms with E-state index in [1.807, 2.05) is 12.1 Å². The predicted octanol–water partition coefficient (Wildman–Crippen LogP) is 3.36. The number of halogens is 1. The molecule has 168 valence electrons. The molecule has 2 fully saturated rings. The molecule has 0 saturated carbocycles. The van der Waals surface area contributed by atoms with Crippen LogP contribution < -0.4 is 15.5 Å². The van der Waals surface area contributed by atoms with Crippen molar-refractivity contribution in [2.45, 2.75) is 37.8 Å². The SMILES string of the molecule is C[C@@H]1CN(c2ccc(C#N)c3ncccc23)C[C@@H]2c3ccc(N4C[C@@H](N)[C@H](F)C4)cc3CN12. The van der Waals surface area contributed by atoms with Crippen molar-refractivity contribution in [1.29, 1.82) is 5.26 Å². The second-order valence-electron chi connectivity index (χ2n) is 9.55. The van der Waals surface area contributed by atoms with Crippen molar-refractivity contribution >= 4 is 22.3 Å². The standard InChI is InChI=1S/C26H27FN6/c1-16-11-32(24-7-4-17(10-28)26-21(24)3-2-8-30-26)15-25-20-6-5-19(9-18(20)12-33(16)25)31-13-22(27)23(29)14-31/h2-9,16,22-23,25H,11-15,29H2,1H3/t16-,22-,23-,25-/m1/s1. The summed E-state index contributed by atoms with van der Waals surface area (Å²) in [6.45, 7) is 5.93. The Hall–Kier alpha value is -3.21. The maximum atomic E-state index is 14.0. The van der Waals surface area contributed by atoms with Gasteiger partial charge in [0.25, 0.3) is 0 Å². The maximum Gasteiger partial charge on any atom is 0.134 e. The van der Waals surface area contributed by atoms with Crippen LogP contribution in [0.3, 0.4) is 0 Å². The lowest BCUT2D eigenvalue weighted by Gasteiger charge is -2.43. The average molecular weight is 443 g/mol. The Bertz CT molecular complexity index is 1260. The Morgan fingerprint density at radius 2 is 1.97 bits per heavy atom. The van der Waals surface area contributed by atoms with E-state index >= 15 is 0 Å². The molecule has 3 aliphatic rings. The number of pyridine rings is 1. The van der Waals surface area contributed by atoms with Gasteiger partial charge in [-0.25, -0.2) is 4.39 Å². The minimum Gasteiger partial charge on any atom is -0.368 e. The lowest BCUT2D eigenvalue weighted by molar-refractivity contribution is 0.134. The molecule has 33 heavy (non-hydrogen) atoms. The smallest absolute Gasteiger partial charge is 0.134 e. The van der Waals surface area contributed by atoms with Crippen molar-refractivity contribution < 1.29 is 4.39 Å². The van der Waals surface area contributed by atoms with Crippen LogP contribution in [0.2, 0.25) is 0 Å². The summed E-state index contributed by atoms with van der Waals surface area (Å²) in [5.74, 6) is 0. The van der Waals surface area contributed by atoms with Crippen LogP contribution in [0, 0.1) is 11.3 Å². The van der Waals surface area contributed by atoms with E-state index < -0.39 is 12.2 Å². The number of nitrogens with two attached hydrogens (primary N) is 1. The van der Waals surface area contributed by atoms with E-state index in [1.165, 1.54) is 11.1 Å². The molecule has 3 aromatic rings. The lowest BCUT2D eigenvalue weighted by Crippen LogP contribution is -2.51. The molecule has 0 unspecified atom stereocenters. The van der Waals surface area contributed by atoms with Crippen molar-refractivity contribution in [1.82, 2.24) is 9.88 Å². The fourth-order valence-corrected chi connectivity index (χ4v) is 5.83. The molecule has 3 aliphatic heterocycles. The summed E-state index contributed by atoms with van der Waals surface area (Å²) in [7, 11) is 0. The Balaban J connectivity index is 1.32. The number of nitrogens with zero attached hydrogens (tertiary/aromatic N) is 5. The number of piperazine rings is 1.